The molecule has 2 N–H and O–H groups in total. The second-order valence-electron chi connectivity index (χ2n) is 3.99. The SMILES string of the molecule is Cn1nc(-c2ccc3c(c2)nnn3C)cc1N. The standard InChI is InChI=1S/C11H12N6/c1-16-10-4-3-7(5-9(10)13-15-16)8-6-11(12)17(2)14-8/h3-6H,12H2,1-2H3. The van der Waals surface area contributed by atoms with Gasteiger partial charge in [0.2, 0.25) is 0 Å². The third kappa shape index (κ3) is 1.45. The van der Waals surface area contributed by atoms with Crippen molar-refractivity contribution < 1.29 is 0 Å². The molecule has 6 heteroatoms. The predicted octanol–water partition coefficient (Wildman–Crippen LogP) is 0.951. The number of nitrogens with two attached hydrogens (primary N) is 1. The zero-order valence-corrected chi connectivity index (χ0v) is 9.62. The summed E-state index contributed by atoms with van der Waals surface area (Å²) in [6.45, 7) is 0. The van der Waals surface area contributed by atoms with Gasteiger partial charge in [0, 0.05) is 25.7 Å². The first kappa shape index (κ1) is 9.83. The predicted molar refractivity (Wildman–Crippen MR) is 65.1 cm³/mol. The zero-order valence-electron chi connectivity index (χ0n) is 9.62. The summed E-state index contributed by atoms with van der Waals surface area (Å²) < 4.78 is 3.39. The lowest BCUT2D eigenvalue weighted by atomic mass is 10.1. The van der Waals surface area contributed by atoms with Crippen molar-refractivity contribution in [1.82, 2.24) is 24.8 Å². The number of hydrogen-bond donors (Lipinski definition) is 1. The molecule has 0 bridgehead atoms. The van der Waals surface area contributed by atoms with E-state index in [9.17, 15) is 0 Å². The van der Waals surface area contributed by atoms with Crippen molar-refractivity contribution in [1.29, 1.82) is 0 Å². The average Bonchev–Trinajstić information content (AvgIpc) is 2.84. The van der Waals surface area contributed by atoms with Gasteiger partial charge in [-0.25, -0.2) is 4.68 Å². The Balaban J connectivity index is 2.17. The first-order chi connectivity index (χ1) is 8.15. The Morgan fingerprint density at radius 3 is 2.65 bits per heavy atom. The van der Waals surface area contributed by atoms with Gasteiger partial charge in [-0.05, 0) is 12.1 Å². The Morgan fingerprint density at radius 1 is 1.12 bits per heavy atom. The number of rotatable bonds is 1. The van der Waals surface area contributed by atoms with E-state index in [0.717, 1.165) is 22.3 Å². The second-order valence-corrected chi connectivity index (χ2v) is 3.99. The summed E-state index contributed by atoms with van der Waals surface area (Å²) in [5, 5.41) is 12.4. The quantitative estimate of drug-likeness (QED) is 0.673. The van der Waals surface area contributed by atoms with E-state index < -0.39 is 0 Å². The van der Waals surface area contributed by atoms with Gasteiger partial charge in [0.25, 0.3) is 0 Å². The van der Waals surface area contributed by atoms with E-state index in [-0.39, 0.29) is 0 Å². The van der Waals surface area contributed by atoms with E-state index in [4.69, 9.17) is 5.73 Å². The van der Waals surface area contributed by atoms with Crippen LogP contribution < -0.4 is 5.73 Å². The Morgan fingerprint density at radius 2 is 1.94 bits per heavy atom. The fraction of sp³-hybridized carbons (Fsp3) is 0.182. The van der Waals surface area contributed by atoms with E-state index in [0.29, 0.717) is 5.82 Å². The van der Waals surface area contributed by atoms with Gasteiger partial charge in [0.1, 0.15) is 11.3 Å². The normalized spacial score (nSPS) is 11.2. The summed E-state index contributed by atoms with van der Waals surface area (Å²) in [4.78, 5) is 0. The van der Waals surface area contributed by atoms with Crippen molar-refractivity contribution in [2.24, 2.45) is 14.1 Å². The number of aryl methyl sites for hydroxylation is 2. The van der Waals surface area contributed by atoms with Crippen LogP contribution in [0.25, 0.3) is 22.3 Å². The van der Waals surface area contributed by atoms with Crippen molar-refractivity contribution in [3.8, 4) is 11.3 Å². The zero-order chi connectivity index (χ0) is 12.0. The summed E-state index contributed by atoms with van der Waals surface area (Å²) in [5.41, 5.74) is 9.45. The maximum Gasteiger partial charge on any atom is 0.121 e. The van der Waals surface area contributed by atoms with Gasteiger partial charge < -0.3 is 5.73 Å². The Hall–Kier alpha value is -2.37. The van der Waals surface area contributed by atoms with Crippen LogP contribution in [0.1, 0.15) is 0 Å². The third-order valence-corrected chi connectivity index (χ3v) is 2.82. The highest BCUT2D eigenvalue weighted by atomic mass is 15.4. The number of nitrogen functional groups attached to an aromatic ring is 1. The average molecular weight is 228 g/mol. The maximum atomic E-state index is 5.76. The molecule has 0 amide bonds. The Kier molecular flexibility index (Phi) is 1.91. The summed E-state index contributed by atoms with van der Waals surface area (Å²) >= 11 is 0. The number of benzene rings is 1. The molecule has 0 saturated carbocycles. The molecule has 0 fully saturated rings. The first-order valence-corrected chi connectivity index (χ1v) is 5.24. The molecule has 0 atom stereocenters. The summed E-state index contributed by atoms with van der Waals surface area (Å²) in [6.07, 6.45) is 0. The van der Waals surface area contributed by atoms with E-state index >= 15 is 0 Å². The van der Waals surface area contributed by atoms with Crippen molar-refractivity contribution in [2.75, 3.05) is 5.73 Å². The molecule has 0 aliphatic rings. The topological polar surface area (TPSA) is 74.5 Å². The molecule has 2 heterocycles. The van der Waals surface area contributed by atoms with E-state index in [1.54, 1.807) is 9.36 Å². The second kappa shape index (κ2) is 3.31. The summed E-state index contributed by atoms with van der Waals surface area (Å²) in [5.74, 6) is 0.638. The van der Waals surface area contributed by atoms with Gasteiger partial charge in [0.05, 0.1) is 11.2 Å². The molecule has 17 heavy (non-hydrogen) atoms. The number of aromatic nitrogens is 5. The van der Waals surface area contributed by atoms with Crippen LogP contribution in [-0.4, -0.2) is 24.8 Å². The van der Waals surface area contributed by atoms with Crippen LogP contribution in [0.5, 0.6) is 0 Å². The molecule has 0 spiro atoms. The largest absolute Gasteiger partial charge is 0.384 e. The van der Waals surface area contributed by atoms with E-state index in [1.807, 2.05) is 38.4 Å². The number of anilines is 1. The first-order valence-electron chi connectivity index (χ1n) is 5.24. The van der Waals surface area contributed by atoms with E-state index in [2.05, 4.69) is 15.4 Å². The number of hydrogen-bond acceptors (Lipinski definition) is 4. The van der Waals surface area contributed by atoms with Crippen molar-refractivity contribution in [3.63, 3.8) is 0 Å². The minimum Gasteiger partial charge on any atom is -0.384 e. The van der Waals surface area contributed by atoms with Crippen LogP contribution in [0.3, 0.4) is 0 Å². The molecule has 6 nitrogen and oxygen atoms in total. The molecule has 0 aliphatic heterocycles. The molecule has 0 aliphatic carbocycles. The van der Waals surface area contributed by atoms with Crippen LogP contribution in [0.2, 0.25) is 0 Å². The lowest BCUT2D eigenvalue weighted by molar-refractivity contribution is 0.736. The van der Waals surface area contributed by atoms with E-state index in [1.165, 1.54) is 0 Å². The van der Waals surface area contributed by atoms with Crippen molar-refractivity contribution >= 4 is 16.9 Å². The molecule has 3 aromatic rings. The van der Waals surface area contributed by atoms with Gasteiger partial charge in [-0.1, -0.05) is 11.3 Å². The monoisotopic (exact) mass is 228 g/mol. The summed E-state index contributed by atoms with van der Waals surface area (Å²) in [6, 6.07) is 7.78. The highest BCUT2D eigenvalue weighted by molar-refractivity contribution is 5.80. The lowest BCUT2D eigenvalue weighted by Gasteiger charge is -1.96. The molecule has 0 unspecified atom stereocenters. The highest BCUT2D eigenvalue weighted by Gasteiger charge is 2.07. The maximum absolute atomic E-state index is 5.76. The van der Waals surface area contributed by atoms with Crippen LogP contribution in [0.15, 0.2) is 24.3 Å². The third-order valence-electron chi connectivity index (χ3n) is 2.82. The van der Waals surface area contributed by atoms with Crippen LogP contribution in [0.4, 0.5) is 5.82 Å². The molecule has 1 aromatic carbocycles. The molecular formula is C11H12N6. The number of fused-ring (bicyclic) bond motifs is 1. The van der Waals surface area contributed by atoms with Gasteiger partial charge in [-0.15, -0.1) is 5.10 Å². The van der Waals surface area contributed by atoms with Crippen LogP contribution in [-0.2, 0) is 14.1 Å². The molecule has 0 radical (unpaired) electrons. The highest BCUT2D eigenvalue weighted by Crippen LogP contribution is 2.23. The van der Waals surface area contributed by atoms with Crippen LogP contribution >= 0.6 is 0 Å². The molecular weight excluding hydrogens is 216 g/mol. The lowest BCUT2D eigenvalue weighted by Crippen LogP contribution is -1.96. The van der Waals surface area contributed by atoms with Crippen molar-refractivity contribution in [3.05, 3.63) is 24.3 Å². The number of nitrogens with zero attached hydrogens (tertiary/aromatic N) is 5. The van der Waals surface area contributed by atoms with Gasteiger partial charge >= 0.3 is 0 Å². The molecule has 86 valence electrons. The fourth-order valence-corrected chi connectivity index (χ4v) is 1.82. The minimum absolute atomic E-state index is 0.638. The molecule has 2 aromatic heterocycles. The minimum atomic E-state index is 0.638. The Labute approximate surface area is 97.6 Å². The van der Waals surface area contributed by atoms with Gasteiger partial charge in [0.15, 0.2) is 0 Å². The van der Waals surface area contributed by atoms with Crippen LogP contribution in [0, 0.1) is 0 Å². The van der Waals surface area contributed by atoms with Gasteiger partial charge in [-0.2, -0.15) is 5.10 Å². The Bertz CT molecular complexity index is 674. The van der Waals surface area contributed by atoms with Gasteiger partial charge in [-0.3, -0.25) is 4.68 Å². The smallest absolute Gasteiger partial charge is 0.121 e. The fourth-order valence-electron chi connectivity index (χ4n) is 1.82. The molecule has 3 rings (SSSR count). The summed E-state index contributed by atoms with van der Waals surface area (Å²) in [7, 11) is 3.69. The molecule has 0 saturated heterocycles. The van der Waals surface area contributed by atoms with Crippen molar-refractivity contribution in [2.45, 2.75) is 0 Å².